The van der Waals surface area contributed by atoms with Crippen LogP contribution < -0.4 is 4.90 Å². The largest absolute Gasteiger partial charge is 0.422 e. The molecule has 3 aromatic rings. The van der Waals surface area contributed by atoms with Crippen LogP contribution in [-0.4, -0.2) is 49.5 Å². The third-order valence-corrected chi connectivity index (χ3v) is 4.85. The molecular weight excluding hydrogens is 332 g/mol. The van der Waals surface area contributed by atoms with E-state index in [-0.39, 0.29) is 6.61 Å². The van der Waals surface area contributed by atoms with E-state index < -0.39 is 0 Å². The molecule has 4 rings (SSSR count). The number of rotatable bonds is 5. The Bertz CT molecular complexity index is 894. The van der Waals surface area contributed by atoms with E-state index in [1.54, 1.807) is 0 Å². The van der Waals surface area contributed by atoms with Gasteiger partial charge in [0.1, 0.15) is 11.6 Å². The number of hydrogen-bond donors (Lipinski definition) is 1. The van der Waals surface area contributed by atoms with E-state index in [2.05, 4.69) is 25.0 Å². The molecule has 0 atom stereocenters. The van der Waals surface area contributed by atoms with Crippen molar-refractivity contribution >= 4 is 17.2 Å². The molecule has 0 unspecified atom stereocenters. The second-order valence-corrected chi connectivity index (χ2v) is 6.85. The zero-order chi connectivity index (χ0) is 18.1. The molecule has 0 aromatic carbocycles. The average molecular weight is 356 g/mol. The summed E-state index contributed by atoms with van der Waals surface area (Å²) in [5.74, 6) is 2.20. The van der Waals surface area contributed by atoms with Crippen LogP contribution >= 0.6 is 0 Å². The Labute approximate surface area is 151 Å². The summed E-state index contributed by atoms with van der Waals surface area (Å²) in [6, 6.07) is 4.51. The van der Waals surface area contributed by atoms with Gasteiger partial charge in [0.05, 0.1) is 0 Å². The normalized spacial score (nSPS) is 15.9. The van der Waals surface area contributed by atoms with Gasteiger partial charge in [0, 0.05) is 37.9 Å². The van der Waals surface area contributed by atoms with Crippen LogP contribution in [0.4, 0.5) is 6.01 Å². The van der Waals surface area contributed by atoms with E-state index in [0.29, 0.717) is 30.5 Å². The van der Waals surface area contributed by atoms with Crippen LogP contribution in [0, 0.1) is 13.8 Å². The number of oxazole rings is 1. The number of anilines is 1. The molecule has 1 fully saturated rings. The lowest BCUT2D eigenvalue weighted by Gasteiger charge is -2.30. The number of aryl methyl sites for hydroxylation is 3. The van der Waals surface area contributed by atoms with E-state index in [1.807, 2.05) is 30.7 Å². The summed E-state index contributed by atoms with van der Waals surface area (Å²) in [6.45, 7) is 6.48. The van der Waals surface area contributed by atoms with Crippen LogP contribution in [0.1, 0.15) is 42.5 Å². The van der Waals surface area contributed by atoms with Gasteiger partial charge in [0.25, 0.3) is 6.01 Å². The minimum absolute atomic E-state index is 0.169. The van der Waals surface area contributed by atoms with E-state index >= 15 is 0 Å². The molecule has 26 heavy (non-hydrogen) atoms. The zero-order valence-corrected chi connectivity index (χ0v) is 15.2. The van der Waals surface area contributed by atoms with Gasteiger partial charge in [-0.2, -0.15) is 10.1 Å². The van der Waals surface area contributed by atoms with E-state index in [1.165, 1.54) is 0 Å². The Morgan fingerprint density at radius 1 is 1.15 bits per heavy atom. The molecule has 138 valence electrons. The molecule has 0 aliphatic carbocycles. The molecule has 0 bridgehead atoms. The number of aromatic nitrogens is 5. The van der Waals surface area contributed by atoms with Crippen molar-refractivity contribution < 1.29 is 9.52 Å². The van der Waals surface area contributed by atoms with Crippen LogP contribution in [0.2, 0.25) is 0 Å². The van der Waals surface area contributed by atoms with Crippen LogP contribution in [-0.2, 0) is 6.54 Å². The highest BCUT2D eigenvalue weighted by Gasteiger charge is 2.27. The Morgan fingerprint density at radius 2 is 1.96 bits per heavy atom. The molecule has 0 amide bonds. The smallest absolute Gasteiger partial charge is 0.299 e. The predicted octanol–water partition coefficient (Wildman–Crippen LogP) is 2.20. The van der Waals surface area contributed by atoms with Crippen LogP contribution in [0.5, 0.6) is 0 Å². The van der Waals surface area contributed by atoms with Crippen molar-refractivity contribution in [2.45, 2.75) is 45.6 Å². The second-order valence-electron chi connectivity index (χ2n) is 6.85. The van der Waals surface area contributed by atoms with Gasteiger partial charge in [0.15, 0.2) is 5.58 Å². The Kier molecular flexibility index (Phi) is 4.58. The van der Waals surface area contributed by atoms with Crippen molar-refractivity contribution in [3.05, 3.63) is 29.5 Å². The first-order valence-electron chi connectivity index (χ1n) is 9.15. The van der Waals surface area contributed by atoms with Crippen LogP contribution in [0.3, 0.4) is 0 Å². The van der Waals surface area contributed by atoms with Gasteiger partial charge >= 0.3 is 0 Å². The Balaban J connectivity index is 1.46. The van der Waals surface area contributed by atoms with Crippen molar-refractivity contribution in [1.82, 2.24) is 24.7 Å². The standard InChI is InChI=1S/C18H24N6O2/c1-12-4-5-15-16(19-12)21-18(26-15)23-9-6-14(7-10-23)17-20-13(2)22-24(17)8-3-11-25/h4-5,14,25H,3,6-11H2,1-2H3. The number of aliphatic hydroxyl groups is 1. The maximum atomic E-state index is 9.08. The summed E-state index contributed by atoms with van der Waals surface area (Å²) in [4.78, 5) is 15.8. The van der Waals surface area contributed by atoms with Crippen LogP contribution in [0.25, 0.3) is 11.2 Å². The van der Waals surface area contributed by atoms with Crippen molar-refractivity contribution in [2.75, 3.05) is 24.6 Å². The summed E-state index contributed by atoms with van der Waals surface area (Å²) < 4.78 is 7.83. The molecule has 0 spiro atoms. The highest BCUT2D eigenvalue weighted by Crippen LogP contribution is 2.30. The molecule has 1 aliphatic heterocycles. The summed E-state index contributed by atoms with van der Waals surface area (Å²) in [6.07, 6.45) is 2.65. The number of nitrogens with zero attached hydrogens (tertiary/aromatic N) is 6. The lowest BCUT2D eigenvalue weighted by molar-refractivity contribution is 0.274. The molecule has 3 aromatic heterocycles. The third-order valence-electron chi connectivity index (χ3n) is 4.85. The maximum absolute atomic E-state index is 9.08. The number of pyridine rings is 1. The first-order valence-corrected chi connectivity index (χ1v) is 9.15. The van der Waals surface area contributed by atoms with Gasteiger partial charge in [-0.05, 0) is 45.2 Å². The number of fused-ring (bicyclic) bond motifs is 1. The predicted molar refractivity (Wildman–Crippen MR) is 97.2 cm³/mol. The van der Waals surface area contributed by atoms with Gasteiger partial charge in [-0.15, -0.1) is 0 Å². The molecule has 8 heteroatoms. The monoisotopic (exact) mass is 356 g/mol. The first kappa shape index (κ1) is 17.0. The van der Waals surface area contributed by atoms with Crippen molar-refractivity contribution in [1.29, 1.82) is 0 Å². The Hall–Kier alpha value is -2.48. The summed E-state index contributed by atoms with van der Waals surface area (Å²) in [5, 5.41) is 13.6. The molecule has 1 saturated heterocycles. The highest BCUT2D eigenvalue weighted by molar-refractivity contribution is 5.70. The molecule has 1 N–H and O–H groups in total. The molecule has 4 heterocycles. The fraction of sp³-hybridized carbons (Fsp3) is 0.556. The second kappa shape index (κ2) is 7.03. The van der Waals surface area contributed by atoms with Crippen molar-refractivity contribution in [2.24, 2.45) is 0 Å². The minimum atomic E-state index is 0.169. The van der Waals surface area contributed by atoms with E-state index in [9.17, 15) is 0 Å². The molecule has 0 saturated carbocycles. The summed E-state index contributed by atoms with van der Waals surface area (Å²) in [7, 11) is 0. The molecule has 0 radical (unpaired) electrons. The van der Waals surface area contributed by atoms with Crippen molar-refractivity contribution in [3.8, 4) is 0 Å². The number of piperidine rings is 1. The van der Waals surface area contributed by atoms with Gasteiger partial charge < -0.3 is 14.4 Å². The SMILES string of the molecule is Cc1ccc2oc(N3CCC(c4nc(C)nn4CCCO)CC3)nc2n1. The minimum Gasteiger partial charge on any atom is -0.422 e. The number of aliphatic hydroxyl groups excluding tert-OH is 1. The number of hydrogen-bond acceptors (Lipinski definition) is 7. The summed E-state index contributed by atoms with van der Waals surface area (Å²) in [5.41, 5.74) is 2.34. The maximum Gasteiger partial charge on any atom is 0.299 e. The van der Waals surface area contributed by atoms with E-state index in [0.717, 1.165) is 48.9 Å². The van der Waals surface area contributed by atoms with Gasteiger partial charge in [-0.1, -0.05) is 0 Å². The first-order chi connectivity index (χ1) is 12.6. The third kappa shape index (κ3) is 3.29. The zero-order valence-electron chi connectivity index (χ0n) is 15.2. The quantitative estimate of drug-likeness (QED) is 0.749. The van der Waals surface area contributed by atoms with Gasteiger partial charge in [-0.25, -0.2) is 14.6 Å². The molecule has 1 aliphatic rings. The fourth-order valence-corrected chi connectivity index (χ4v) is 3.52. The summed E-state index contributed by atoms with van der Waals surface area (Å²) >= 11 is 0. The topological polar surface area (TPSA) is 93.1 Å². The molecular formula is C18H24N6O2. The lowest BCUT2D eigenvalue weighted by Crippen LogP contribution is -2.34. The highest BCUT2D eigenvalue weighted by atomic mass is 16.4. The fourth-order valence-electron chi connectivity index (χ4n) is 3.52. The lowest BCUT2D eigenvalue weighted by atomic mass is 9.96. The molecule has 8 nitrogen and oxygen atoms in total. The van der Waals surface area contributed by atoms with Gasteiger partial charge in [-0.3, -0.25) is 0 Å². The Morgan fingerprint density at radius 3 is 2.73 bits per heavy atom. The van der Waals surface area contributed by atoms with E-state index in [4.69, 9.17) is 9.52 Å². The van der Waals surface area contributed by atoms with Crippen LogP contribution in [0.15, 0.2) is 16.5 Å². The van der Waals surface area contributed by atoms with Gasteiger partial charge in [0.2, 0.25) is 5.65 Å². The average Bonchev–Trinajstić information content (AvgIpc) is 3.23. The van der Waals surface area contributed by atoms with Crippen molar-refractivity contribution in [3.63, 3.8) is 0 Å².